The number of nitrogens with one attached hydrogen (secondary N) is 3. The molecule has 0 aliphatic heterocycles. The van der Waals surface area contributed by atoms with Gasteiger partial charge in [-0.15, -0.1) is 0 Å². The number of rotatable bonds is 7. The number of halogens is 1. The Hall–Kier alpha value is -3.51. The molecule has 6 nitrogen and oxygen atoms in total. The van der Waals surface area contributed by atoms with E-state index in [1.54, 1.807) is 56.6 Å². The van der Waals surface area contributed by atoms with Gasteiger partial charge in [-0.2, -0.15) is 0 Å². The van der Waals surface area contributed by atoms with Crippen LogP contribution in [-0.4, -0.2) is 28.5 Å². The van der Waals surface area contributed by atoms with E-state index in [4.69, 9.17) is 27.2 Å². The van der Waals surface area contributed by atoms with E-state index in [-0.39, 0.29) is 11.4 Å². The molecule has 31 heavy (non-hydrogen) atoms. The monoisotopic (exact) mass is 434 g/mol. The molecule has 0 fully saturated rings. The van der Waals surface area contributed by atoms with Crippen molar-refractivity contribution in [3.05, 3.63) is 89.2 Å². The molecule has 158 valence electrons. The van der Waals surface area contributed by atoms with Crippen LogP contribution in [0.2, 0.25) is 5.02 Å². The van der Waals surface area contributed by atoms with Crippen molar-refractivity contribution in [3.8, 4) is 11.1 Å². The standard InChI is InChI=1S/C24H23ClN4O2/c1-15(26)23(29-24(30)31-16(2)20-5-3-4-6-21(20)25)22(27)19-9-7-17(8-10-19)18-11-13-28-14-12-18/h3-14,16,23,26-27H,1-2H3,(H,29,30). The number of hydrogen-bond acceptors (Lipinski definition) is 5. The third-order valence-electron chi connectivity index (χ3n) is 4.82. The minimum absolute atomic E-state index is 0.108. The number of carbonyl (C=O) groups is 1. The molecule has 3 rings (SSSR count). The molecule has 3 N–H and O–H groups in total. The number of nitrogens with zero attached hydrogens (tertiary/aromatic N) is 1. The third-order valence-corrected chi connectivity index (χ3v) is 5.16. The molecule has 2 atom stereocenters. The van der Waals surface area contributed by atoms with E-state index in [1.165, 1.54) is 0 Å². The summed E-state index contributed by atoms with van der Waals surface area (Å²) in [6.45, 7) is 3.26. The van der Waals surface area contributed by atoms with E-state index in [9.17, 15) is 4.79 Å². The van der Waals surface area contributed by atoms with Gasteiger partial charge in [-0.1, -0.05) is 54.1 Å². The highest BCUT2D eigenvalue weighted by molar-refractivity contribution is 6.31. The number of amides is 1. The summed E-state index contributed by atoms with van der Waals surface area (Å²) in [6, 6.07) is 17.4. The minimum atomic E-state index is -0.905. The number of hydrogen-bond donors (Lipinski definition) is 3. The topological polar surface area (TPSA) is 98.9 Å². The quantitative estimate of drug-likeness (QED) is 0.418. The molecule has 7 heteroatoms. The largest absolute Gasteiger partial charge is 0.442 e. The maximum Gasteiger partial charge on any atom is 0.408 e. The maximum absolute atomic E-state index is 12.5. The lowest BCUT2D eigenvalue weighted by molar-refractivity contribution is 0.107. The normalized spacial score (nSPS) is 12.5. The number of alkyl carbamates (subject to hydrolysis) is 1. The van der Waals surface area contributed by atoms with Crippen LogP contribution in [0.25, 0.3) is 11.1 Å². The number of benzene rings is 2. The molecular formula is C24H23ClN4O2. The first kappa shape index (κ1) is 22.2. The second-order valence-electron chi connectivity index (χ2n) is 7.06. The van der Waals surface area contributed by atoms with Crippen LogP contribution >= 0.6 is 11.6 Å². The molecule has 1 aromatic heterocycles. The van der Waals surface area contributed by atoms with Crippen LogP contribution in [0.4, 0.5) is 4.79 Å². The second-order valence-corrected chi connectivity index (χ2v) is 7.46. The van der Waals surface area contributed by atoms with Crippen LogP contribution in [0, 0.1) is 10.8 Å². The fraction of sp³-hybridized carbons (Fsp3) is 0.167. The predicted molar refractivity (Wildman–Crippen MR) is 123 cm³/mol. The molecule has 2 aromatic carbocycles. The molecule has 0 aliphatic rings. The van der Waals surface area contributed by atoms with E-state index < -0.39 is 18.2 Å². The number of aromatic nitrogens is 1. The van der Waals surface area contributed by atoms with Crippen LogP contribution < -0.4 is 5.32 Å². The summed E-state index contributed by atoms with van der Waals surface area (Å²) in [5, 5.41) is 19.7. The van der Waals surface area contributed by atoms with Gasteiger partial charge in [-0.25, -0.2) is 4.79 Å². The van der Waals surface area contributed by atoms with Crippen molar-refractivity contribution < 1.29 is 9.53 Å². The van der Waals surface area contributed by atoms with Crippen molar-refractivity contribution in [2.75, 3.05) is 0 Å². The van der Waals surface area contributed by atoms with Gasteiger partial charge in [0, 0.05) is 28.7 Å². The van der Waals surface area contributed by atoms with Gasteiger partial charge < -0.3 is 20.9 Å². The maximum atomic E-state index is 12.5. The molecule has 1 heterocycles. The zero-order valence-electron chi connectivity index (χ0n) is 17.2. The Bertz CT molecular complexity index is 1080. The Balaban J connectivity index is 1.70. The summed E-state index contributed by atoms with van der Waals surface area (Å²) in [7, 11) is 0. The first-order valence-corrected chi connectivity index (χ1v) is 10.1. The predicted octanol–water partition coefficient (Wildman–Crippen LogP) is 5.67. The van der Waals surface area contributed by atoms with E-state index in [2.05, 4.69) is 10.3 Å². The van der Waals surface area contributed by atoms with Crippen LogP contribution in [0.3, 0.4) is 0 Å². The van der Waals surface area contributed by atoms with E-state index >= 15 is 0 Å². The highest BCUT2D eigenvalue weighted by Gasteiger charge is 2.23. The fourth-order valence-corrected chi connectivity index (χ4v) is 3.42. The Labute approximate surface area is 186 Å². The summed E-state index contributed by atoms with van der Waals surface area (Å²) < 4.78 is 5.43. The Kier molecular flexibility index (Phi) is 7.15. The molecule has 0 aliphatic carbocycles. The van der Waals surface area contributed by atoms with Crippen molar-refractivity contribution in [1.29, 1.82) is 10.8 Å². The number of pyridine rings is 1. The fourth-order valence-electron chi connectivity index (χ4n) is 3.13. The zero-order chi connectivity index (χ0) is 22.4. The van der Waals surface area contributed by atoms with Gasteiger partial charge in [0.25, 0.3) is 0 Å². The average molecular weight is 435 g/mol. The summed E-state index contributed by atoms with van der Waals surface area (Å²) in [4.78, 5) is 16.5. The smallest absolute Gasteiger partial charge is 0.408 e. The van der Waals surface area contributed by atoms with E-state index in [0.717, 1.165) is 11.1 Å². The molecule has 3 aromatic rings. The zero-order valence-corrected chi connectivity index (χ0v) is 18.0. The molecule has 0 saturated carbocycles. The third kappa shape index (κ3) is 5.55. The van der Waals surface area contributed by atoms with Gasteiger partial charge in [-0.3, -0.25) is 4.98 Å². The molecule has 0 bridgehead atoms. The number of carbonyl (C=O) groups excluding carboxylic acids is 1. The lowest BCUT2D eigenvalue weighted by Crippen LogP contribution is -2.45. The molecule has 1 amide bonds. The highest BCUT2D eigenvalue weighted by Crippen LogP contribution is 2.25. The van der Waals surface area contributed by atoms with Crippen molar-refractivity contribution in [2.45, 2.75) is 26.0 Å². The second kappa shape index (κ2) is 10.00. The van der Waals surface area contributed by atoms with Gasteiger partial charge in [0.2, 0.25) is 0 Å². The molecule has 0 spiro atoms. The van der Waals surface area contributed by atoms with Crippen molar-refractivity contribution in [3.63, 3.8) is 0 Å². The Morgan fingerprint density at radius 1 is 1.00 bits per heavy atom. The summed E-state index contributed by atoms with van der Waals surface area (Å²) in [5.74, 6) is 0. The van der Waals surface area contributed by atoms with Crippen LogP contribution in [0.15, 0.2) is 73.1 Å². The average Bonchev–Trinajstić information content (AvgIpc) is 2.78. The van der Waals surface area contributed by atoms with Crippen molar-refractivity contribution in [2.24, 2.45) is 0 Å². The lowest BCUT2D eigenvalue weighted by Gasteiger charge is -2.21. The van der Waals surface area contributed by atoms with Crippen molar-refractivity contribution >= 4 is 29.1 Å². The number of ether oxygens (including phenoxy) is 1. The molecular weight excluding hydrogens is 412 g/mol. The lowest BCUT2D eigenvalue weighted by atomic mass is 9.97. The van der Waals surface area contributed by atoms with Crippen molar-refractivity contribution in [1.82, 2.24) is 10.3 Å². The summed E-state index contributed by atoms with van der Waals surface area (Å²) in [6.07, 6.45) is 2.15. The summed E-state index contributed by atoms with van der Waals surface area (Å²) >= 11 is 6.16. The molecule has 2 unspecified atom stereocenters. The van der Waals surface area contributed by atoms with E-state index in [0.29, 0.717) is 16.1 Å². The first-order valence-electron chi connectivity index (χ1n) is 9.72. The van der Waals surface area contributed by atoms with Crippen LogP contribution in [0.5, 0.6) is 0 Å². The van der Waals surface area contributed by atoms with Gasteiger partial charge in [-0.05, 0) is 48.7 Å². The molecule has 0 saturated heterocycles. The molecule has 0 radical (unpaired) electrons. The Morgan fingerprint density at radius 2 is 1.61 bits per heavy atom. The highest BCUT2D eigenvalue weighted by atomic mass is 35.5. The first-order chi connectivity index (χ1) is 14.9. The van der Waals surface area contributed by atoms with E-state index in [1.807, 2.05) is 30.3 Å². The Morgan fingerprint density at radius 3 is 2.23 bits per heavy atom. The van der Waals surface area contributed by atoms with Gasteiger partial charge >= 0.3 is 6.09 Å². The SMILES string of the molecule is CC(=N)C(NC(=O)OC(C)c1ccccc1Cl)C(=N)c1ccc(-c2ccncc2)cc1. The summed E-state index contributed by atoms with van der Waals surface area (Å²) in [5.41, 5.74) is 3.53. The minimum Gasteiger partial charge on any atom is -0.442 e. The van der Waals surface area contributed by atoms with Crippen LogP contribution in [0.1, 0.15) is 31.1 Å². The van der Waals surface area contributed by atoms with Gasteiger partial charge in [0.1, 0.15) is 12.1 Å². The van der Waals surface area contributed by atoms with Crippen LogP contribution in [-0.2, 0) is 4.74 Å². The van der Waals surface area contributed by atoms with Gasteiger partial charge in [0.05, 0.1) is 5.71 Å². The van der Waals surface area contributed by atoms with Gasteiger partial charge in [0.15, 0.2) is 0 Å².